The molecule has 21 heavy (non-hydrogen) atoms. The molecule has 0 unspecified atom stereocenters. The fraction of sp³-hybridized carbons (Fsp3) is 0.529. The van der Waals surface area contributed by atoms with Crippen LogP contribution < -0.4 is 0 Å². The number of aliphatic imine (C=N–C) groups is 2. The Morgan fingerprint density at radius 1 is 0.905 bits per heavy atom. The van der Waals surface area contributed by atoms with Crippen molar-refractivity contribution in [3.05, 3.63) is 35.4 Å². The van der Waals surface area contributed by atoms with Crippen LogP contribution in [0, 0.1) is 5.41 Å². The number of benzene rings is 1. The summed E-state index contributed by atoms with van der Waals surface area (Å²) in [5.41, 5.74) is 0.779. The summed E-state index contributed by atoms with van der Waals surface area (Å²) in [6.07, 6.45) is 1.67. The highest BCUT2D eigenvalue weighted by Crippen LogP contribution is 2.38. The second-order valence-corrected chi connectivity index (χ2v) is 6.75. The van der Waals surface area contributed by atoms with E-state index in [0.717, 1.165) is 11.1 Å². The quantitative estimate of drug-likeness (QED) is 0.643. The summed E-state index contributed by atoms with van der Waals surface area (Å²) >= 11 is 0. The van der Waals surface area contributed by atoms with E-state index in [1.54, 1.807) is 6.08 Å². The molecule has 1 N–H and O–H groups in total. The third-order valence-corrected chi connectivity index (χ3v) is 4.50. The molecular weight excluding hydrogens is 262 g/mol. The van der Waals surface area contributed by atoms with E-state index in [0.29, 0.717) is 0 Å². The summed E-state index contributed by atoms with van der Waals surface area (Å²) in [6, 6.07) is 10.2. The van der Waals surface area contributed by atoms with Crippen LogP contribution in [0.5, 0.6) is 0 Å². The first kappa shape index (κ1) is 17.0. The first-order valence-electron chi connectivity index (χ1n) is 6.92. The van der Waals surface area contributed by atoms with E-state index in [4.69, 9.17) is 5.41 Å². The predicted molar refractivity (Wildman–Crippen MR) is 84.8 cm³/mol. The van der Waals surface area contributed by atoms with Crippen LogP contribution in [-0.2, 0) is 15.7 Å². The summed E-state index contributed by atoms with van der Waals surface area (Å²) in [7, 11) is 0. The number of nitrogens with zero attached hydrogens (tertiary/aromatic N) is 2. The number of rotatable bonds is 5. The number of hydrogen-bond acceptors (Lipinski definition) is 4. The van der Waals surface area contributed by atoms with Crippen molar-refractivity contribution >= 4 is 12.1 Å². The van der Waals surface area contributed by atoms with Gasteiger partial charge in [-0.15, -0.1) is 0 Å². The van der Waals surface area contributed by atoms with Gasteiger partial charge in [-0.3, -0.25) is 0 Å². The Hall–Kier alpha value is -2.02. The van der Waals surface area contributed by atoms with Gasteiger partial charge in [0.2, 0.25) is 6.08 Å². The topological polar surface area (TPSA) is 65.6 Å². The smallest absolute Gasteiger partial charge is 0.235 e. The largest absolute Gasteiger partial charge is 0.242 e. The fourth-order valence-electron chi connectivity index (χ4n) is 2.11. The van der Waals surface area contributed by atoms with E-state index in [1.807, 2.05) is 52.0 Å². The molecule has 0 saturated heterocycles. The third-order valence-electron chi connectivity index (χ3n) is 4.50. The van der Waals surface area contributed by atoms with Crippen molar-refractivity contribution in [3.63, 3.8) is 0 Å². The standard InChI is InChI=1S/C17H23N3O/c1-15(2,17(5,6)20-12-21)13-7-9-14(10-8-13)16(3,4)19-11-18/h7-10,18H,1-6H3. The van der Waals surface area contributed by atoms with E-state index in [9.17, 15) is 4.79 Å². The lowest BCUT2D eigenvalue weighted by Gasteiger charge is -2.38. The summed E-state index contributed by atoms with van der Waals surface area (Å²) in [5.74, 6) is 0. The van der Waals surface area contributed by atoms with Gasteiger partial charge in [0.05, 0.1) is 17.1 Å². The second kappa shape index (κ2) is 5.77. The minimum atomic E-state index is -0.543. The van der Waals surface area contributed by atoms with Crippen molar-refractivity contribution in [2.24, 2.45) is 9.98 Å². The van der Waals surface area contributed by atoms with Crippen LogP contribution in [-0.4, -0.2) is 17.6 Å². The third kappa shape index (κ3) is 3.36. The molecular formula is C17H23N3O. The van der Waals surface area contributed by atoms with Gasteiger partial charge in [0.15, 0.2) is 0 Å². The second-order valence-electron chi connectivity index (χ2n) is 6.75. The number of isocyanates is 1. The normalized spacial score (nSPS) is 12.3. The zero-order valence-electron chi connectivity index (χ0n) is 13.6. The molecule has 112 valence electrons. The van der Waals surface area contributed by atoms with E-state index in [2.05, 4.69) is 29.8 Å². The number of nitrogens with one attached hydrogen (secondary N) is 1. The lowest BCUT2D eigenvalue weighted by Crippen LogP contribution is -2.41. The number of hydrogen-bond donors (Lipinski definition) is 1. The van der Waals surface area contributed by atoms with E-state index < -0.39 is 11.1 Å². The molecule has 0 atom stereocenters. The van der Waals surface area contributed by atoms with Crippen molar-refractivity contribution < 1.29 is 4.79 Å². The van der Waals surface area contributed by atoms with E-state index in [-0.39, 0.29) is 5.41 Å². The molecule has 0 fully saturated rings. The van der Waals surface area contributed by atoms with E-state index >= 15 is 0 Å². The average molecular weight is 285 g/mol. The molecule has 4 heteroatoms. The van der Waals surface area contributed by atoms with Crippen LogP contribution in [0.1, 0.15) is 52.7 Å². The molecule has 0 heterocycles. The molecule has 0 aliphatic carbocycles. The molecule has 0 saturated carbocycles. The zero-order valence-corrected chi connectivity index (χ0v) is 13.6. The monoisotopic (exact) mass is 285 g/mol. The first-order valence-corrected chi connectivity index (χ1v) is 6.92. The van der Waals surface area contributed by atoms with E-state index in [1.165, 1.54) is 0 Å². The summed E-state index contributed by atoms with van der Waals surface area (Å²) in [6.45, 7) is 11.8. The molecule has 0 spiro atoms. The molecule has 0 aromatic heterocycles. The van der Waals surface area contributed by atoms with Crippen LogP contribution in [0.4, 0.5) is 0 Å². The van der Waals surface area contributed by atoms with Gasteiger partial charge in [0.1, 0.15) is 0 Å². The van der Waals surface area contributed by atoms with Crippen LogP contribution in [0.15, 0.2) is 34.3 Å². The molecule has 0 aliphatic heterocycles. The molecule has 1 aromatic carbocycles. The Bertz CT molecular complexity index is 599. The minimum Gasteiger partial charge on any atom is -0.242 e. The Morgan fingerprint density at radius 2 is 1.38 bits per heavy atom. The van der Waals surface area contributed by atoms with Gasteiger partial charge in [0.25, 0.3) is 0 Å². The van der Waals surface area contributed by atoms with Crippen molar-refractivity contribution in [2.75, 3.05) is 0 Å². The maximum Gasteiger partial charge on any atom is 0.235 e. The van der Waals surface area contributed by atoms with Crippen LogP contribution in [0.3, 0.4) is 0 Å². The van der Waals surface area contributed by atoms with Gasteiger partial charge < -0.3 is 0 Å². The molecule has 0 bridgehead atoms. The Labute approximate surface area is 126 Å². The Balaban J connectivity index is 3.24. The molecule has 0 aliphatic rings. The van der Waals surface area contributed by atoms with Crippen molar-refractivity contribution in [2.45, 2.75) is 58.0 Å². The van der Waals surface area contributed by atoms with Gasteiger partial charge in [-0.2, -0.15) is 4.99 Å². The lowest BCUT2D eigenvalue weighted by atomic mass is 9.70. The summed E-state index contributed by atoms with van der Waals surface area (Å²) in [4.78, 5) is 18.6. The highest BCUT2D eigenvalue weighted by Gasteiger charge is 2.38. The van der Waals surface area contributed by atoms with Crippen LogP contribution in [0.2, 0.25) is 0 Å². The van der Waals surface area contributed by atoms with Gasteiger partial charge >= 0.3 is 0 Å². The summed E-state index contributed by atoms with van der Waals surface area (Å²) < 4.78 is 0. The van der Waals surface area contributed by atoms with Gasteiger partial charge in [0, 0.05) is 5.41 Å². The Morgan fingerprint density at radius 3 is 1.81 bits per heavy atom. The predicted octanol–water partition coefficient (Wildman–Crippen LogP) is 4.07. The van der Waals surface area contributed by atoms with Crippen molar-refractivity contribution in [1.29, 1.82) is 5.41 Å². The summed E-state index contributed by atoms with van der Waals surface area (Å²) in [5, 5.41) is 7.01. The minimum absolute atomic E-state index is 0.308. The fourth-order valence-corrected chi connectivity index (χ4v) is 2.11. The molecule has 0 amide bonds. The maximum atomic E-state index is 10.6. The molecule has 4 nitrogen and oxygen atoms in total. The van der Waals surface area contributed by atoms with Gasteiger partial charge in [-0.1, -0.05) is 38.1 Å². The SMILES string of the molecule is CC(C)(N=C=N)c1ccc(C(C)(C)C(C)(C)N=C=O)cc1. The van der Waals surface area contributed by atoms with Crippen LogP contribution in [0.25, 0.3) is 0 Å². The molecule has 1 aromatic rings. The molecule has 1 rings (SSSR count). The maximum absolute atomic E-state index is 10.6. The van der Waals surface area contributed by atoms with Crippen molar-refractivity contribution in [1.82, 2.24) is 0 Å². The van der Waals surface area contributed by atoms with Crippen LogP contribution >= 0.6 is 0 Å². The zero-order chi connectivity index (χ0) is 16.3. The Kier molecular flexibility index (Phi) is 4.68. The van der Waals surface area contributed by atoms with Crippen molar-refractivity contribution in [3.8, 4) is 0 Å². The number of carbonyl (C=O) groups excluding carboxylic acids is 1. The first-order chi connectivity index (χ1) is 9.58. The highest BCUT2D eigenvalue weighted by molar-refractivity contribution is 5.41. The van der Waals surface area contributed by atoms with Gasteiger partial charge in [-0.25, -0.2) is 15.2 Å². The lowest BCUT2D eigenvalue weighted by molar-refractivity contribution is 0.307. The molecule has 0 radical (unpaired) electrons. The average Bonchev–Trinajstić information content (AvgIpc) is 2.38. The van der Waals surface area contributed by atoms with Gasteiger partial charge in [-0.05, 0) is 38.8 Å². The highest BCUT2D eigenvalue weighted by atomic mass is 16.1.